The van der Waals surface area contributed by atoms with Crippen LogP contribution in [0.4, 0.5) is 16.4 Å². The number of anilines is 2. The highest BCUT2D eigenvalue weighted by atomic mass is 16.6. The summed E-state index contributed by atoms with van der Waals surface area (Å²) in [4.78, 5) is 37.8. The molecule has 34 heavy (non-hydrogen) atoms. The number of hydrogen-bond acceptors (Lipinski definition) is 8. The molecule has 1 atom stereocenters. The summed E-state index contributed by atoms with van der Waals surface area (Å²) >= 11 is 0. The van der Waals surface area contributed by atoms with Gasteiger partial charge in [0.25, 0.3) is 0 Å². The van der Waals surface area contributed by atoms with E-state index in [1.165, 1.54) is 7.11 Å². The summed E-state index contributed by atoms with van der Waals surface area (Å²) in [6.45, 7) is 14.5. The normalized spacial score (nSPS) is 12.3. The van der Waals surface area contributed by atoms with E-state index in [1.807, 2.05) is 51.1 Å². The van der Waals surface area contributed by atoms with Gasteiger partial charge in [-0.15, -0.1) is 0 Å². The molecular formula is C25H34N4O5. The molecule has 1 amide bonds. The van der Waals surface area contributed by atoms with Crippen LogP contribution in [0, 0.1) is 0 Å². The summed E-state index contributed by atoms with van der Waals surface area (Å²) in [5.74, 6) is -0.380. The lowest BCUT2D eigenvalue weighted by Gasteiger charge is -2.37. The number of carbonyl (C=O) groups excluding carboxylic acids is 2. The van der Waals surface area contributed by atoms with Crippen LogP contribution in [0.5, 0.6) is 0 Å². The molecule has 0 radical (unpaired) electrons. The molecule has 2 aromatic rings. The number of rotatable bonds is 8. The van der Waals surface area contributed by atoms with Crippen molar-refractivity contribution in [2.24, 2.45) is 0 Å². The summed E-state index contributed by atoms with van der Waals surface area (Å²) in [5, 5.41) is 0. The molecule has 0 aliphatic rings. The molecule has 0 aliphatic heterocycles. The molecule has 1 heterocycles. The van der Waals surface area contributed by atoms with E-state index in [9.17, 15) is 9.59 Å². The quantitative estimate of drug-likeness (QED) is 0.405. The fourth-order valence-electron chi connectivity index (χ4n) is 3.03. The fourth-order valence-corrected chi connectivity index (χ4v) is 3.03. The van der Waals surface area contributed by atoms with Gasteiger partial charge in [0.1, 0.15) is 11.2 Å². The number of nitrogens with zero attached hydrogens (tertiary/aromatic N) is 4. The molecule has 0 saturated heterocycles. The van der Waals surface area contributed by atoms with Crippen molar-refractivity contribution in [2.45, 2.75) is 58.8 Å². The van der Waals surface area contributed by atoms with Crippen LogP contribution in [0.3, 0.4) is 0 Å². The summed E-state index contributed by atoms with van der Waals surface area (Å²) < 4.78 is 16.5. The Labute approximate surface area is 201 Å². The maximum atomic E-state index is 13.3. The third-order valence-corrected chi connectivity index (χ3v) is 4.28. The molecule has 0 bridgehead atoms. The number of carbonyl (C=O) groups is 2. The molecule has 1 unspecified atom stereocenters. The van der Waals surface area contributed by atoms with E-state index in [1.54, 1.807) is 44.1 Å². The lowest BCUT2D eigenvalue weighted by atomic mass is 10.2. The second kappa shape index (κ2) is 11.0. The Kier molecular flexibility index (Phi) is 8.62. The van der Waals surface area contributed by atoms with Gasteiger partial charge >= 0.3 is 12.1 Å². The van der Waals surface area contributed by atoms with E-state index in [2.05, 4.69) is 16.5 Å². The van der Waals surface area contributed by atoms with Gasteiger partial charge in [-0.05, 0) is 66.3 Å². The number of hydrogen-bond donors (Lipinski definition) is 0. The maximum absolute atomic E-state index is 13.3. The third kappa shape index (κ3) is 7.75. The minimum Gasteiger partial charge on any atom is -0.473 e. The Morgan fingerprint density at radius 3 is 2.00 bits per heavy atom. The van der Waals surface area contributed by atoms with Crippen LogP contribution in [0.1, 0.15) is 41.5 Å². The van der Waals surface area contributed by atoms with E-state index in [4.69, 9.17) is 14.2 Å². The minimum atomic E-state index is -1.18. The van der Waals surface area contributed by atoms with E-state index in [0.29, 0.717) is 11.6 Å². The first-order chi connectivity index (χ1) is 15.8. The van der Waals surface area contributed by atoms with Crippen molar-refractivity contribution in [3.05, 3.63) is 61.3 Å². The topological polar surface area (TPSA) is 94.1 Å². The predicted molar refractivity (Wildman–Crippen MR) is 129 cm³/mol. The number of esters is 1. The lowest BCUT2D eigenvalue weighted by molar-refractivity contribution is -0.147. The van der Waals surface area contributed by atoms with E-state index >= 15 is 0 Å². The Morgan fingerprint density at radius 2 is 1.50 bits per heavy atom. The van der Waals surface area contributed by atoms with Crippen molar-refractivity contribution >= 4 is 23.7 Å². The highest BCUT2D eigenvalue weighted by Crippen LogP contribution is 2.26. The van der Waals surface area contributed by atoms with Gasteiger partial charge in [0, 0.05) is 18.1 Å². The van der Waals surface area contributed by atoms with Crippen LogP contribution in [-0.2, 0) is 19.0 Å². The average molecular weight is 471 g/mol. The van der Waals surface area contributed by atoms with E-state index < -0.39 is 29.3 Å². The van der Waals surface area contributed by atoms with Crippen molar-refractivity contribution in [2.75, 3.05) is 18.6 Å². The van der Waals surface area contributed by atoms with Gasteiger partial charge in [-0.1, -0.05) is 18.2 Å². The number of ether oxygens (including phenoxy) is 3. The Hall–Kier alpha value is -3.62. The first-order valence-electron chi connectivity index (χ1n) is 10.9. The largest absolute Gasteiger partial charge is 0.473 e. The molecular weight excluding hydrogens is 436 g/mol. The fraction of sp³-hybridized carbons (Fsp3) is 0.440. The van der Waals surface area contributed by atoms with Gasteiger partial charge in [-0.2, -0.15) is 0 Å². The molecule has 2 rings (SSSR count). The molecule has 0 saturated carbocycles. The van der Waals surface area contributed by atoms with Crippen LogP contribution in [0.2, 0.25) is 0 Å². The van der Waals surface area contributed by atoms with Gasteiger partial charge < -0.3 is 19.1 Å². The first kappa shape index (κ1) is 26.6. The number of benzene rings is 1. The van der Waals surface area contributed by atoms with Crippen LogP contribution in [0.25, 0.3) is 0 Å². The van der Waals surface area contributed by atoms with Crippen LogP contribution >= 0.6 is 0 Å². The van der Waals surface area contributed by atoms with Crippen molar-refractivity contribution in [3.8, 4) is 0 Å². The first-order valence-corrected chi connectivity index (χ1v) is 10.9. The number of amides is 1. The van der Waals surface area contributed by atoms with Crippen molar-refractivity contribution < 1.29 is 23.8 Å². The highest BCUT2D eigenvalue weighted by Gasteiger charge is 2.39. The third-order valence-electron chi connectivity index (χ3n) is 4.28. The monoisotopic (exact) mass is 470 g/mol. The standard InChI is InChI=1S/C25H34N4O5/c1-18(33-24(2,3)4)29(23(31)34-25(5,6)7)20(21(30)32-8)17-28(19-13-10-9-11-14-19)22-26-15-12-16-27-22/h9-16,20H,1,17H2,2-8H3. The second-order valence-electron chi connectivity index (χ2n) is 9.49. The summed E-state index contributed by atoms with van der Waals surface area (Å²) in [6.07, 6.45) is 2.40. The number of para-hydroxylation sites is 1. The molecule has 0 N–H and O–H groups in total. The Balaban J connectivity index is 2.57. The van der Waals surface area contributed by atoms with Gasteiger partial charge in [0.05, 0.1) is 13.7 Å². The van der Waals surface area contributed by atoms with Crippen molar-refractivity contribution in [1.82, 2.24) is 14.9 Å². The molecule has 1 aromatic heterocycles. The lowest BCUT2D eigenvalue weighted by Crippen LogP contribution is -2.52. The molecule has 0 aliphatic carbocycles. The number of methoxy groups -OCH3 is 1. The van der Waals surface area contributed by atoms with E-state index in [-0.39, 0.29) is 12.4 Å². The average Bonchev–Trinajstić information content (AvgIpc) is 2.74. The van der Waals surface area contributed by atoms with Crippen molar-refractivity contribution in [1.29, 1.82) is 0 Å². The zero-order valence-electron chi connectivity index (χ0n) is 20.9. The second-order valence-corrected chi connectivity index (χ2v) is 9.49. The van der Waals surface area contributed by atoms with Gasteiger partial charge in [0.2, 0.25) is 5.95 Å². The highest BCUT2D eigenvalue weighted by molar-refractivity contribution is 5.83. The molecule has 0 fully saturated rings. The van der Waals surface area contributed by atoms with Crippen LogP contribution < -0.4 is 4.90 Å². The summed E-state index contributed by atoms with van der Waals surface area (Å²) in [7, 11) is 1.25. The minimum absolute atomic E-state index is 0.0425. The Morgan fingerprint density at radius 1 is 0.941 bits per heavy atom. The van der Waals surface area contributed by atoms with Gasteiger partial charge in [-0.3, -0.25) is 0 Å². The summed E-state index contributed by atoms with van der Waals surface area (Å²) in [6, 6.07) is 9.79. The van der Waals surface area contributed by atoms with Gasteiger partial charge in [0.15, 0.2) is 11.9 Å². The molecule has 0 spiro atoms. The maximum Gasteiger partial charge on any atom is 0.418 e. The van der Waals surface area contributed by atoms with Crippen LogP contribution in [-0.4, -0.2) is 57.8 Å². The zero-order valence-corrected chi connectivity index (χ0v) is 20.9. The molecule has 184 valence electrons. The summed E-state index contributed by atoms with van der Waals surface area (Å²) in [5.41, 5.74) is -0.784. The zero-order chi connectivity index (χ0) is 25.5. The molecule has 9 nitrogen and oxygen atoms in total. The smallest absolute Gasteiger partial charge is 0.418 e. The number of aromatic nitrogens is 2. The SMILES string of the molecule is C=C(OC(C)(C)C)N(C(=O)OC(C)(C)C)C(CN(c1ccccc1)c1ncccn1)C(=O)OC. The molecule has 9 heteroatoms. The van der Waals surface area contributed by atoms with Gasteiger partial charge in [-0.25, -0.2) is 24.5 Å². The predicted octanol–water partition coefficient (Wildman–Crippen LogP) is 4.68. The van der Waals surface area contributed by atoms with Crippen molar-refractivity contribution in [3.63, 3.8) is 0 Å². The van der Waals surface area contributed by atoms with Crippen LogP contribution in [0.15, 0.2) is 61.3 Å². The molecule has 1 aromatic carbocycles. The van der Waals surface area contributed by atoms with E-state index in [0.717, 1.165) is 4.90 Å². The Bertz CT molecular complexity index is 901.